The minimum absolute atomic E-state index is 0.593. The molecule has 1 aliphatic heterocycles. The molecule has 5 rings (SSSR count). The van der Waals surface area contributed by atoms with E-state index in [-0.39, 0.29) is 0 Å². The molecular formula is C21H20ClN5S2. The van der Waals surface area contributed by atoms with Crippen molar-refractivity contribution in [2.24, 2.45) is 0 Å². The van der Waals surface area contributed by atoms with E-state index in [1.165, 1.54) is 39.1 Å². The van der Waals surface area contributed by atoms with Crippen LogP contribution in [0.1, 0.15) is 21.7 Å². The third-order valence-corrected chi connectivity index (χ3v) is 6.95. The molecule has 148 valence electrons. The van der Waals surface area contributed by atoms with Crippen LogP contribution in [0.4, 0.5) is 0 Å². The molecule has 0 spiro atoms. The Hall–Kier alpha value is -1.93. The number of hydrogen-bond donors (Lipinski definition) is 0. The summed E-state index contributed by atoms with van der Waals surface area (Å²) in [6.07, 6.45) is 9.14. The number of fused-ring (bicyclic) bond motifs is 2. The maximum absolute atomic E-state index is 6.02. The van der Waals surface area contributed by atoms with Gasteiger partial charge in [-0.25, -0.2) is 15.0 Å². The molecule has 4 aromatic rings. The first kappa shape index (κ1) is 19.1. The standard InChI is InChI=1S/C21H20ClN5S2/c1-28-21-24-8-14-10-26(7-6-18(14)25-21)11-15-12-27(13-16-9-23-20(22)29-16)19-5-3-2-4-17(15)19/h2-5,8-9,12H,6-7,10-11,13H2,1H3. The Labute approximate surface area is 182 Å². The molecule has 0 saturated carbocycles. The van der Waals surface area contributed by atoms with Crippen LogP contribution in [-0.4, -0.2) is 37.2 Å². The van der Waals surface area contributed by atoms with Gasteiger partial charge in [0.15, 0.2) is 9.62 Å². The second-order valence-electron chi connectivity index (χ2n) is 7.17. The molecule has 3 aromatic heterocycles. The third-order valence-electron chi connectivity index (χ3n) is 5.29. The molecule has 0 N–H and O–H groups in total. The summed E-state index contributed by atoms with van der Waals surface area (Å²) in [5, 5.41) is 2.17. The number of hydrogen-bond acceptors (Lipinski definition) is 6. The van der Waals surface area contributed by atoms with Crippen molar-refractivity contribution in [2.75, 3.05) is 12.8 Å². The highest BCUT2D eigenvalue weighted by Crippen LogP contribution is 2.27. The van der Waals surface area contributed by atoms with Gasteiger partial charge in [-0.2, -0.15) is 0 Å². The fourth-order valence-corrected chi connectivity index (χ4v) is 5.27. The van der Waals surface area contributed by atoms with Gasteiger partial charge < -0.3 is 4.57 Å². The smallest absolute Gasteiger partial charge is 0.187 e. The zero-order chi connectivity index (χ0) is 19.8. The van der Waals surface area contributed by atoms with E-state index in [9.17, 15) is 0 Å². The zero-order valence-corrected chi connectivity index (χ0v) is 18.4. The third kappa shape index (κ3) is 3.92. The largest absolute Gasteiger partial charge is 0.342 e. The van der Waals surface area contributed by atoms with E-state index in [0.717, 1.165) is 42.6 Å². The van der Waals surface area contributed by atoms with Gasteiger partial charge in [-0.3, -0.25) is 4.90 Å². The molecule has 0 aliphatic carbocycles. The van der Waals surface area contributed by atoms with Crippen molar-refractivity contribution in [3.63, 3.8) is 0 Å². The highest BCUT2D eigenvalue weighted by atomic mass is 35.5. The summed E-state index contributed by atoms with van der Waals surface area (Å²) in [4.78, 5) is 17.0. The Morgan fingerprint density at radius 3 is 2.90 bits per heavy atom. The van der Waals surface area contributed by atoms with Gasteiger partial charge in [0.2, 0.25) is 0 Å². The Balaban J connectivity index is 1.40. The van der Waals surface area contributed by atoms with Crippen LogP contribution in [0.15, 0.2) is 48.0 Å². The van der Waals surface area contributed by atoms with Crippen molar-refractivity contribution in [1.29, 1.82) is 0 Å². The monoisotopic (exact) mass is 441 g/mol. The molecular weight excluding hydrogens is 422 g/mol. The lowest BCUT2D eigenvalue weighted by Crippen LogP contribution is -2.30. The normalized spacial score (nSPS) is 14.4. The summed E-state index contributed by atoms with van der Waals surface area (Å²) < 4.78 is 2.90. The van der Waals surface area contributed by atoms with E-state index in [0.29, 0.717) is 4.47 Å². The Morgan fingerprint density at radius 2 is 2.07 bits per heavy atom. The van der Waals surface area contributed by atoms with Crippen LogP contribution in [0, 0.1) is 0 Å². The van der Waals surface area contributed by atoms with E-state index >= 15 is 0 Å². The van der Waals surface area contributed by atoms with Crippen molar-refractivity contribution < 1.29 is 0 Å². The molecule has 4 heterocycles. The molecule has 8 heteroatoms. The average molecular weight is 442 g/mol. The van der Waals surface area contributed by atoms with Gasteiger partial charge in [0.25, 0.3) is 0 Å². The lowest BCUT2D eigenvalue weighted by atomic mass is 10.1. The second-order valence-corrected chi connectivity index (χ2v) is 9.64. The number of para-hydroxylation sites is 1. The van der Waals surface area contributed by atoms with Gasteiger partial charge >= 0.3 is 0 Å². The van der Waals surface area contributed by atoms with E-state index in [1.807, 2.05) is 18.6 Å². The number of aromatic nitrogens is 4. The van der Waals surface area contributed by atoms with Crippen LogP contribution in [0.5, 0.6) is 0 Å². The van der Waals surface area contributed by atoms with Gasteiger partial charge in [0, 0.05) is 66.0 Å². The summed E-state index contributed by atoms with van der Waals surface area (Å²) in [7, 11) is 0. The highest BCUT2D eigenvalue weighted by Gasteiger charge is 2.20. The summed E-state index contributed by atoms with van der Waals surface area (Å²) >= 11 is 9.16. The molecule has 0 bridgehead atoms. The van der Waals surface area contributed by atoms with Gasteiger partial charge in [0.1, 0.15) is 0 Å². The molecule has 29 heavy (non-hydrogen) atoms. The van der Waals surface area contributed by atoms with E-state index < -0.39 is 0 Å². The van der Waals surface area contributed by atoms with Crippen LogP contribution in [0.25, 0.3) is 10.9 Å². The molecule has 1 aromatic carbocycles. The van der Waals surface area contributed by atoms with Crippen molar-refractivity contribution >= 4 is 45.6 Å². The van der Waals surface area contributed by atoms with Gasteiger partial charge in [-0.05, 0) is 17.9 Å². The predicted octanol–water partition coefficient (Wildman–Crippen LogP) is 4.87. The SMILES string of the molecule is CSc1ncc2c(n1)CCN(Cc1cn(Cc3cnc(Cl)s3)c3ccccc13)C2. The maximum Gasteiger partial charge on any atom is 0.187 e. The van der Waals surface area contributed by atoms with E-state index in [4.69, 9.17) is 11.6 Å². The minimum atomic E-state index is 0.593. The first-order valence-electron chi connectivity index (χ1n) is 9.47. The topological polar surface area (TPSA) is 46.8 Å². The molecule has 1 aliphatic rings. The Morgan fingerprint density at radius 1 is 1.17 bits per heavy atom. The number of thiazole rings is 1. The van der Waals surface area contributed by atoms with Crippen molar-refractivity contribution in [1.82, 2.24) is 24.4 Å². The molecule has 0 saturated heterocycles. The summed E-state index contributed by atoms with van der Waals surface area (Å²) in [5.41, 5.74) is 5.04. The lowest BCUT2D eigenvalue weighted by molar-refractivity contribution is 0.243. The number of thioether (sulfide) groups is 1. The zero-order valence-electron chi connectivity index (χ0n) is 16.0. The molecule has 0 radical (unpaired) electrons. The lowest BCUT2D eigenvalue weighted by Gasteiger charge is -2.27. The Kier molecular flexibility index (Phi) is 5.30. The van der Waals surface area contributed by atoms with Crippen LogP contribution >= 0.6 is 34.7 Å². The molecule has 0 atom stereocenters. The fourth-order valence-electron chi connectivity index (χ4n) is 3.93. The van der Waals surface area contributed by atoms with Crippen LogP contribution < -0.4 is 0 Å². The number of rotatable bonds is 5. The summed E-state index contributed by atoms with van der Waals surface area (Å²) in [5.74, 6) is 0. The van der Waals surface area contributed by atoms with Gasteiger partial charge in [-0.1, -0.05) is 41.6 Å². The van der Waals surface area contributed by atoms with Crippen molar-refractivity contribution in [2.45, 2.75) is 31.2 Å². The maximum atomic E-state index is 6.02. The number of nitrogens with zero attached hydrogens (tertiary/aromatic N) is 5. The highest BCUT2D eigenvalue weighted by molar-refractivity contribution is 7.98. The fraction of sp³-hybridized carbons (Fsp3) is 0.286. The van der Waals surface area contributed by atoms with Crippen molar-refractivity contribution in [3.05, 3.63) is 69.0 Å². The average Bonchev–Trinajstić information content (AvgIpc) is 3.31. The van der Waals surface area contributed by atoms with E-state index in [2.05, 4.69) is 54.9 Å². The molecule has 0 fully saturated rings. The summed E-state index contributed by atoms with van der Waals surface area (Å²) in [6, 6.07) is 8.61. The molecule has 5 nitrogen and oxygen atoms in total. The van der Waals surface area contributed by atoms with Crippen LogP contribution in [-0.2, 0) is 26.1 Å². The Bertz CT molecular complexity index is 1170. The first-order valence-corrected chi connectivity index (χ1v) is 11.9. The van der Waals surface area contributed by atoms with Gasteiger partial charge in [0.05, 0.1) is 12.2 Å². The molecule has 0 amide bonds. The van der Waals surface area contributed by atoms with Crippen molar-refractivity contribution in [3.8, 4) is 0 Å². The first-order chi connectivity index (χ1) is 14.2. The predicted molar refractivity (Wildman–Crippen MR) is 120 cm³/mol. The van der Waals surface area contributed by atoms with Crippen LogP contribution in [0.3, 0.4) is 0 Å². The number of halogens is 1. The van der Waals surface area contributed by atoms with Gasteiger partial charge in [-0.15, -0.1) is 11.3 Å². The molecule has 0 unspecified atom stereocenters. The number of benzene rings is 1. The second kappa shape index (κ2) is 8.07. The van der Waals surface area contributed by atoms with E-state index in [1.54, 1.807) is 11.8 Å². The quantitative estimate of drug-likeness (QED) is 0.326. The van der Waals surface area contributed by atoms with Crippen LogP contribution in [0.2, 0.25) is 4.47 Å². The minimum Gasteiger partial charge on any atom is -0.342 e. The summed E-state index contributed by atoms with van der Waals surface area (Å²) in [6.45, 7) is 3.62.